The third-order valence-electron chi connectivity index (χ3n) is 3.34. The Morgan fingerprint density at radius 3 is 2.60 bits per heavy atom. The van der Waals surface area contributed by atoms with Crippen LogP contribution in [0.4, 0.5) is 5.69 Å². The minimum absolute atomic E-state index is 0.362. The molecule has 3 N–H and O–H groups in total. The Morgan fingerprint density at radius 2 is 1.93 bits per heavy atom. The van der Waals surface area contributed by atoms with E-state index in [-0.39, 0.29) is 0 Å². The molecule has 0 saturated heterocycles. The quantitative estimate of drug-likeness (QED) is 0.729. The van der Waals surface area contributed by atoms with E-state index < -0.39 is 0 Å². The van der Waals surface area contributed by atoms with E-state index in [1.165, 1.54) is 32.1 Å². The van der Waals surface area contributed by atoms with E-state index in [4.69, 9.17) is 5.73 Å². The van der Waals surface area contributed by atoms with E-state index in [0.717, 1.165) is 17.9 Å². The number of rotatable bonds is 2. The molecule has 1 aromatic carbocycles. The fraction of sp³-hybridized carbons (Fsp3) is 0.538. The normalized spacial score (nSPS) is 17.9. The van der Waals surface area contributed by atoms with Crippen LogP contribution in [0.3, 0.4) is 0 Å². The van der Waals surface area contributed by atoms with Crippen LogP contribution in [-0.2, 0) is 6.42 Å². The van der Waals surface area contributed by atoms with Crippen molar-refractivity contribution in [2.75, 3.05) is 5.73 Å². The lowest BCUT2D eigenvalue weighted by molar-refractivity contribution is 0.351. The highest BCUT2D eigenvalue weighted by molar-refractivity contribution is 5.47. The summed E-state index contributed by atoms with van der Waals surface area (Å²) >= 11 is 0. The van der Waals surface area contributed by atoms with Crippen molar-refractivity contribution in [3.8, 4) is 5.75 Å². The van der Waals surface area contributed by atoms with Crippen LogP contribution in [0, 0.1) is 5.92 Å². The van der Waals surface area contributed by atoms with E-state index in [1.807, 2.05) is 12.1 Å². The Kier molecular flexibility index (Phi) is 3.14. The molecule has 0 aromatic heterocycles. The largest absolute Gasteiger partial charge is 0.508 e. The summed E-state index contributed by atoms with van der Waals surface area (Å²) in [6.45, 7) is 0. The highest BCUT2D eigenvalue weighted by Crippen LogP contribution is 2.30. The van der Waals surface area contributed by atoms with Gasteiger partial charge in [0.25, 0.3) is 0 Å². The number of hydrogen-bond acceptors (Lipinski definition) is 2. The van der Waals surface area contributed by atoms with Crippen molar-refractivity contribution in [2.24, 2.45) is 5.92 Å². The number of aromatic hydroxyl groups is 1. The molecule has 0 amide bonds. The average Bonchev–Trinajstić information content (AvgIpc) is 2.24. The van der Waals surface area contributed by atoms with Crippen molar-refractivity contribution in [2.45, 2.75) is 38.5 Å². The second-order valence-corrected chi connectivity index (χ2v) is 4.60. The van der Waals surface area contributed by atoms with Crippen molar-refractivity contribution < 1.29 is 5.11 Å². The van der Waals surface area contributed by atoms with Crippen LogP contribution in [0.1, 0.15) is 37.7 Å². The third-order valence-corrected chi connectivity index (χ3v) is 3.34. The predicted molar refractivity (Wildman–Crippen MR) is 62.8 cm³/mol. The standard InChI is InChI=1S/C13H19NO/c14-12-7-6-11(13(15)9-12)8-10-4-2-1-3-5-10/h6-7,9-10,15H,1-5,8,14H2. The van der Waals surface area contributed by atoms with Gasteiger partial charge in [-0.15, -0.1) is 0 Å². The molecule has 0 atom stereocenters. The van der Waals surface area contributed by atoms with Crippen molar-refractivity contribution in [3.05, 3.63) is 23.8 Å². The van der Waals surface area contributed by atoms with Crippen molar-refractivity contribution in [3.63, 3.8) is 0 Å². The molecule has 1 saturated carbocycles. The molecule has 2 heteroatoms. The van der Waals surface area contributed by atoms with Crippen LogP contribution in [0.15, 0.2) is 18.2 Å². The van der Waals surface area contributed by atoms with E-state index in [0.29, 0.717) is 11.4 Å². The number of benzene rings is 1. The first-order valence-electron chi connectivity index (χ1n) is 5.83. The minimum Gasteiger partial charge on any atom is -0.508 e. The maximum Gasteiger partial charge on any atom is 0.120 e. The zero-order valence-electron chi connectivity index (χ0n) is 9.08. The van der Waals surface area contributed by atoms with Gasteiger partial charge in [-0.05, 0) is 24.0 Å². The molecular weight excluding hydrogens is 186 g/mol. The molecule has 82 valence electrons. The van der Waals surface area contributed by atoms with Crippen molar-refractivity contribution >= 4 is 5.69 Å². The van der Waals surface area contributed by atoms with Gasteiger partial charge in [-0.2, -0.15) is 0 Å². The molecule has 1 aromatic rings. The zero-order chi connectivity index (χ0) is 10.7. The Hall–Kier alpha value is -1.18. The molecule has 1 aliphatic carbocycles. The SMILES string of the molecule is Nc1ccc(CC2CCCCC2)c(O)c1. The van der Waals surface area contributed by atoms with Crippen LogP contribution >= 0.6 is 0 Å². The maximum atomic E-state index is 9.74. The van der Waals surface area contributed by atoms with Gasteiger partial charge >= 0.3 is 0 Å². The lowest BCUT2D eigenvalue weighted by Crippen LogP contribution is -2.09. The van der Waals surface area contributed by atoms with Crippen LogP contribution in [0.25, 0.3) is 0 Å². The zero-order valence-corrected chi connectivity index (χ0v) is 9.08. The van der Waals surface area contributed by atoms with E-state index in [1.54, 1.807) is 6.07 Å². The molecule has 1 aliphatic rings. The van der Waals surface area contributed by atoms with Gasteiger partial charge < -0.3 is 10.8 Å². The molecule has 0 spiro atoms. The van der Waals surface area contributed by atoms with Gasteiger partial charge in [-0.25, -0.2) is 0 Å². The van der Waals surface area contributed by atoms with Gasteiger partial charge in [0.2, 0.25) is 0 Å². The lowest BCUT2D eigenvalue weighted by atomic mass is 9.84. The fourth-order valence-corrected chi connectivity index (χ4v) is 2.46. The topological polar surface area (TPSA) is 46.2 Å². The molecule has 0 heterocycles. The highest BCUT2D eigenvalue weighted by Gasteiger charge is 2.15. The molecule has 0 bridgehead atoms. The van der Waals surface area contributed by atoms with Gasteiger partial charge in [-0.1, -0.05) is 38.2 Å². The van der Waals surface area contributed by atoms with Crippen LogP contribution in [-0.4, -0.2) is 5.11 Å². The summed E-state index contributed by atoms with van der Waals surface area (Å²) in [6, 6.07) is 5.48. The van der Waals surface area contributed by atoms with E-state index in [2.05, 4.69) is 0 Å². The summed E-state index contributed by atoms with van der Waals surface area (Å²) in [5.74, 6) is 1.12. The predicted octanol–water partition coefficient (Wildman–Crippen LogP) is 3.10. The van der Waals surface area contributed by atoms with Crippen LogP contribution < -0.4 is 5.73 Å². The number of phenolic OH excluding ortho intramolecular Hbond substituents is 1. The molecular formula is C13H19NO. The number of hydrogen-bond donors (Lipinski definition) is 2. The number of nitrogens with two attached hydrogens (primary N) is 1. The molecule has 0 radical (unpaired) electrons. The second kappa shape index (κ2) is 4.56. The summed E-state index contributed by atoms with van der Waals surface area (Å²) in [5.41, 5.74) is 7.29. The number of nitrogen functional groups attached to an aromatic ring is 1. The number of phenols is 1. The molecule has 0 unspecified atom stereocenters. The molecule has 2 rings (SSSR count). The smallest absolute Gasteiger partial charge is 0.120 e. The minimum atomic E-state index is 0.362. The summed E-state index contributed by atoms with van der Waals surface area (Å²) in [6.07, 6.45) is 7.70. The summed E-state index contributed by atoms with van der Waals surface area (Å²) < 4.78 is 0. The fourth-order valence-electron chi connectivity index (χ4n) is 2.46. The summed E-state index contributed by atoms with van der Waals surface area (Å²) in [4.78, 5) is 0. The van der Waals surface area contributed by atoms with Gasteiger partial charge in [0.15, 0.2) is 0 Å². The Labute approximate surface area is 91.1 Å². The van der Waals surface area contributed by atoms with Crippen LogP contribution in [0.5, 0.6) is 5.75 Å². The van der Waals surface area contributed by atoms with Crippen molar-refractivity contribution in [1.82, 2.24) is 0 Å². The monoisotopic (exact) mass is 205 g/mol. The average molecular weight is 205 g/mol. The first-order valence-corrected chi connectivity index (χ1v) is 5.83. The van der Waals surface area contributed by atoms with Gasteiger partial charge in [0, 0.05) is 11.8 Å². The lowest BCUT2D eigenvalue weighted by Gasteiger charge is -2.21. The third kappa shape index (κ3) is 2.65. The Balaban J connectivity index is 2.03. The van der Waals surface area contributed by atoms with Crippen molar-refractivity contribution in [1.29, 1.82) is 0 Å². The van der Waals surface area contributed by atoms with Crippen LogP contribution in [0.2, 0.25) is 0 Å². The molecule has 15 heavy (non-hydrogen) atoms. The Bertz CT molecular complexity index is 329. The molecule has 2 nitrogen and oxygen atoms in total. The first kappa shape index (κ1) is 10.3. The maximum absolute atomic E-state index is 9.74. The number of anilines is 1. The Morgan fingerprint density at radius 1 is 1.20 bits per heavy atom. The highest BCUT2D eigenvalue weighted by atomic mass is 16.3. The van der Waals surface area contributed by atoms with Gasteiger partial charge in [0.1, 0.15) is 5.75 Å². The molecule has 0 aliphatic heterocycles. The molecule has 1 fully saturated rings. The van der Waals surface area contributed by atoms with E-state index >= 15 is 0 Å². The van der Waals surface area contributed by atoms with Gasteiger partial charge in [-0.3, -0.25) is 0 Å². The van der Waals surface area contributed by atoms with Gasteiger partial charge in [0.05, 0.1) is 0 Å². The first-order chi connectivity index (χ1) is 7.25. The second-order valence-electron chi connectivity index (χ2n) is 4.60. The summed E-state index contributed by atoms with van der Waals surface area (Å²) in [5, 5.41) is 9.74. The summed E-state index contributed by atoms with van der Waals surface area (Å²) in [7, 11) is 0. The van der Waals surface area contributed by atoms with E-state index in [9.17, 15) is 5.11 Å².